The number of aromatic nitrogens is 1. The first-order valence-corrected chi connectivity index (χ1v) is 4.80. The summed E-state index contributed by atoms with van der Waals surface area (Å²) >= 11 is 0. The zero-order chi connectivity index (χ0) is 12.4. The van der Waals surface area contributed by atoms with Gasteiger partial charge in [-0.2, -0.15) is 0 Å². The van der Waals surface area contributed by atoms with E-state index in [1.54, 1.807) is 0 Å². The molecule has 0 unspecified atom stereocenters. The molecule has 0 fully saturated rings. The SMILES string of the molecule is COc1ccc(C(F)F)cc1-c1cc(N)no1. The lowest BCUT2D eigenvalue weighted by Crippen LogP contribution is -1.91. The van der Waals surface area contributed by atoms with Gasteiger partial charge >= 0.3 is 0 Å². The fraction of sp³-hybridized carbons (Fsp3) is 0.182. The molecule has 2 N–H and O–H groups in total. The smallest absolute Gasteiger partial charge is 0.263 e. The van der Waals surface area contributed by atoms with Gasteiger partial charge in [0, 0.05) is 11.6 Å². The number of ether oxygens (including phenoxy) is 1. The van der Waals surface area contributed by atoms with Gasteiger partial charge in [-0.25, -0.2) is 8.78 Å². The Hall–Kier alpha value is -2.11. The summed E-state index contributed by atoms with van der Waals surface area (Å²) in [5.41, 5.74) is 5.69. The number of methoxy groups -OCH3 is 1. The van der Waals surface area contributed by atoms with Crippen LogP contribution >= 0.6 is 0 Å². The fourth-order valence-corrected chi connectivity index (χ4v) is 1.47. The molecule has 0 radical (unpaired) electrons. The van der Waals surface area contributed by atoms with Crippen LogP contribution in [0, 0.1) is 0 Å². The molecule has 0 bridgehead atoms. The van der Waals surface area contributed by atoms with Crippen molar-refractivity contribution in [3.8, 4) is 17.1 Å². The average Bonchev–Trinajstić information content (AvgIpc) is 2.74. The maximum Gasteiger partial charge on any atom is 0.263 e. The quantitative estimate of drug-likeness (QED) is 0.896. The molecule has 90 valence electrons. The molecular formula is C11H10F2N2O2. The second-order valence-electron chi connectivity index (χ2n) is 3.38. The topological polar surface area (TPSA) is 61.3 Å². The van der Waals surface area contributed by atoms with Crippen LogP contribution in [0.3, 0.4) is 0 Å². The second kappa shape index (κ2) is 4.40. The third kappa shape index (κ3) is 2.20. The van der Waals surface area contributed by atoms with Gasteiger partial charge in [0.2, 0.25) is 0 Å². The van der Waals surface area contributed by atoms with Crippen molar-refractivity contribution in [3.63, 3.8) is 0 Å². The first-order valence-electron chi connectivity index (χ1n) is 4.80. The molecule has 1 aromatic heterocycles. The monoisotopic (exact) mass is 240 g/mol. The van der Waals surface area contributed by atoms with Gasteiger partial charge in [-0.3, -0.25) is 0 Å². The van der Waals surface area contributed by atoms with Crippen LogP contribution in [0.2, 0.25) is 0 Å². The first-order chi connectivity index (χ1) is 8.11. The molecule has 0 saturated heterocycles. The zero-order valence-electron chi connectivity index (χ0n) is 8.98. The Kier molecular flexibility index (Phi) is 2.95. The number of hydrogen-bond acceptors (Lipinski definition) is 4. The molecule has 0 saturated carbocycles. The number of rotatable bonds is 3. The minimum Gasteiger partial charge on any atom is -0.496 e. The molecule has 2 rings (SSSR count). The zero-order valence-corrected chi connectivity index (χ0v) is 8.98. The van der Waals surface area contributed by atoms with Gasteiger partial charge < -0.3 is 15.0 Å². The molecule has 0 aliphatic heterocycles. The predicted octanol–water partition coefficient (Wildman–Crippen LogP) is 2.87. The summed E-state index contributed by atoms with van der Waals surface area (Å²) in [6.07, 6.45) is -2.56. The van der Waals surface area contributed by atoms with Crippen LogP contribution in [-0.4, -0.2) is 12.3 Å². The minimum absolute atomic E-state index is 0.115. The summed E-state index contributed by atoms with van der Waals surface area (Å²) in [5, 5.41) is 3.50. The average molecular weight is 240 g/mol. The van der Waals surface area contributed by atoms with Gasteiger partial charge in [0.25, 0.3) is 6.43 Å². The van der Waals surface area contributed by atoms with Crippen LogP contribution in [0.1, 0.15) is 12.0 Å². The second-order valence-corrected chi connectivity index (χ2v) is 3.38. The van der Waals surface area contributed by atoms with E-state index in [2.05, 4.69) is 5.16 Å². The first kappa shape index (κ1) is 11.4. The molecule has 4 nitrogen and oxygen atoms in total. The van der Waals surface area contributed by atoms with Gasteiger partial charge in [-0.05, 0) is 18.2 Å². The Balaban J connectivity index is 2.53. The molecule has 1 heterocycles. The van der Waals surface area contributed by atoms with Crippen molar-refractivity contribution in [2.45, 2.75) is 6.43 Å². The summed E-state index contributed by atoms with van der Waals surface area (Å²) in [6, 6.07) is 5.50. The van der Waals surface area contributed by atoms with E-state index in [4.69, 9.17) is 15.0 Å². The van der Waals surface area contributed by atoms with E-state index in [1.165, 1.54) is 31.4 Å². The van der Waals surface area contributed by atoms with Gasteiger partial charge in [-0.1, -0.05) is 5.16 Å². The number of hydrogen-bond donors (Lipinski definition) is 1. The van der Waals surface area contributed by atoms with Gasteiger partial charge in [0.1, 0.15) is 5.75 Å². The Labute approximate surface area is 96.0 Å². The van der Waals surface area contributed by atoms with Crippen molar-refractivity contribution in [1.29, 1.82) is 0 Å². The van der Waals surface area contributed by atoms with Gasteiger partial charge in [0.05, 0.1) is 12.7 Å². The standard InChI is InChI=1S/C11H10F2N2O2/c1-16-8-3-2-6(11(12)13)4-7(8)9-5-10(14)15-17-9/h2-5,11H,1H3,(H2,14,15). The Bertz CT molecular complexity index is 526. The Morgan fingerprint density at radius 2 is 2.12 bits per heavy atom. The van der Waals surface area contributed by atoms with Crippen LogP contribution in [-0.2, 0) is 0 Å². The molecule has 0 aliphatic carbocycles. The van der Waals surface area contributed by atoms with Crippen LogP contribution < -0.4 is 10.5 Å². The van der Waals surface area contributed by atoms with Crippen molar-refractivity contribution >= 4 is 5.82 Å². The number of nitrogens with two attached hydrogens (primary N) is 1. The van der Waals surface area contributed by atoms with E-state index in [0.717, 1.165) is 0 Å². The molecule has 0 amide bonds. The summed E-state index contributed by atoms with van der Waals surface area (Å²) in [4.78, 5) is 0. The van der Waals surface area contributed by atoms with Crippen molar-refractivity contribution in [2.75, 3.05) is 12.8 Å². The Morgan fingerprint density at radius 1 is 1.35 bits per heavy atom. The van der Waals surface area contributed by atoms with E-state index >= 15 is 0 Å². The van der Waals surface area contributed by atoms with E-state index in [0.29, 0.717) is 17.1 Å². The van der Waals surface area contributed by atoms with Gasteiger partial charge in [-0.15, -0.1) is 0 Å². The predicted molar refractivity (Wildman–Crippen MR) is 57.9 cm³/mol. The normalized spacial score (nSPS) is 10.8. The molecule has 1 aromatic carbocycles. The number of anilines is 1. The highest BCUT2D eigenvalue weighted by Crippen LogP contribution is 2.34. The summed E-state index contributed by atoms with van der Waals surface area (Å²) < 4.78 is 35.2. The fourth-order valence-electron chi connectivity index (χ4n) is 1.47. The van der Waals surface area contributed by atoms with Crippen molar-refractivity contribution in [1.82, 2.24) is 5.16 Å². The Morgan fingerprint density at radius 3 is 2.65 bits per heavy atom. The maximum atomic E-state index is 12.6. The maximum absolute atomic E-state index is 12.6. The molecule has 0 spiro atoms. The molecule has 2 aromatic rings. The lowest BCUT2D eigenvalue weighted by Gasteiger charge is -2.07. The van der Waals surface area contributed by atoms with E-state index < -0.39 is 6.43 Å². The molecule has 6 heteroatoms. The van der Waals surface area contributed by atoms with Gasteiger partial charge in [0.15, 0.2) is 11.6 Å². The minimum atomic E-state index is -2.56. The number of nitrogen functional groups attached to an aromatic ring is 1. The number of halogens is 2. The van der Waals surface area contributed by atoms with Crippen LogP contribution in [0.4, 0.5) is 14.6 Å². The molecular weight excluding hydrogens is 230 g/mol. The van der Waals surface area contributed by atoms with E-state index in [1.807, 2.05) is 0 Å². The highest BCUT2D eigenvalue weighted by molar-refractivity contribution is 5.68. The third-order valence-electron chi connectivity index (χ3n) is 2.27. The van der Waals surface area contributed by atoms with Crippen molar-refractivity contribution < 1.29 is 18.0 Å². The molecule has 0 atom stereocenters. The number of benzene rings is 1. The van der Waals surface area contributed by atoms with Crippen LogP contribution in [0.15, 0.2) is 28.8 Å². The summed E-state index contributed by atoms with van der Waals surface area (Å²) in [7, 11) is 1.45. The summed E-state index contributed by atoms with van der Waals surface area (Å²) in [6.45, 7) is 0. The number of nitrogens with zero attached hydrogens (tertiary/aromatic N) is 1. The highest BCUT2D eigenvalue weighted by atomic mass is 19.3. The largest absolute Gasteiger partial charge is 0.496 e. The van der Waals surface area contributed by atoms with Crippen LogP contribution in [0.5, 0.6) is 5.75 Å². The third-order valence-corrected chi connectivity index (χ3v) is 2.27. The summed E-state index contributed by atoms with van der Waals surface area (Å²) in [5.74, 6) is 0.900. The lowest BCUT2D eigenvalue weighted by atomic mass is 10.1. The highest BCUT2D eigenvalue weighted by Gasteiger charge is 2.15. The van der Waals surface area contributed by atoms with E-state index in [-0.39, 0.29) is 11.4 Å². The van der Waals surface area contributed by atoms with Crippen LogP contribution in [0.25, 0.3) is 11.3 Å². The molecule has 17 heavy (non-hydrogen) atoms. The lowest BCUT2D eigenvalue weighted by molar-refractivity contribution is 0.151. The van der Waals surface area contributed by atoms with Crippen molar-refractivity contribution in [3.05, 3.63) is 29.8 Å². The number of alkyl halides is 2. The molecule has 0 aliphatic rings. The van der Waals surface area contributed by atoms with E-state index in [9.17, 15) is 8.78 Å². The van der Waals surface area contributed by atoms with Crippen molar-refractivity contribution in [2.24, 2.45) is 0 Å².